The normalized spacial score (nSPS) is 11.3. The topological polar surface area (TPSA) is 85.6 Å². The lowest BCUT2D eigenvalue weighted by Gasteiger charge is -2.12. The predicted octanol–water partition coefficient (Wildman–Crippen LogP) is 1.40. The monoisotopic (exact) mass is 346 g/mol. The minimum absolute atomic E-state index is 0.486. The van der Waals surface area contributed by atoms with Crippen molar-refractivity contribution < 1.29 is 9.47 Å². The third-order valence-corrected chi connectivity index (χ3v) is 3.84. The molecule has 1 aromatic heterocycles. The third kappa shape index (κ3) is 4.85. The second-order valence-electron chi connectivity index (χ2n) is 5.45. The van der Waals surface area contributed by atoms with Gasteiger partial charge in [-0.3, -0.25) is 0 Å². The molecule has 0 saturated heterocycles. The Morgan fingerprint density at radius 2 is 2.00 bits per heavy atom. The molecule has 0 fully saturated rings. The fourth-order valence-corrected chi connectivity index (χ4v) is 2.26. The molecule has 0 aliphatic carbocycles. The van der Waals surface area contributed by atoms with Gasteiger partial charge in [-0.05, 0) is 26.0 Å². The first-order valence-electron chi connectivity index (χ1n) is 8.17. The Bertz CT molecular complexity index is 726. The molecule has 25 heavy (non-hydrogen) atoms. The van der Waals surface area contributed by atoms with Crippen molar-refractivity contribution in [2.45, 2.75) is 26.9 Å². The van der Waals surface area contributed by atoms with Crippen molar-refractivity contribution in [3.63, 3.8) is 0 Å². The average molecular weight is 346 g/mol. The van der Waals surface area contributed by atoms with Crippen molar-refractivity contribution in [2.75, 3.05) is 20.8 Å². The zero-order chi connectivity index (χ0) is 18.2. The first-order valence-corrected chi connectivity index (χ1v) is 8.17. The van der Waals surface area contributed by atoms with E-state index >= 15 is 0 Å². The summed E-state index contributed by atoms with van der Waals surface area (Å²) < 4.78 is 12.6. The highest BCUT2D eigenvalue weighted by Crippen LogP contribution is 2.25. The highest BCUT2D eigenvalue weighted by molar-refractivity contribution is 5.79. The van der Waals surface area contributed by atoms with Crippen molar-refractivity contribution >= 4 is 5.96 Å². The van der Waals surface area contributed by atoms with Gasteiger partial charge in [-0.1, -0.05) is 0 Å². The number of benzene rings is 1. The van der Waals surface area contributed by atoms with Gasteiger partial charge in [-0.25, -0.2) is 4.99 Å². The van der Waals surface area contributed by atoms with Gasteiger partial charge in [0.25, 0.3) is 0 Å². The van der Waals surface area contributed by atoms with Crippen LogP contribution in [0.3, 0.4) is 0 Å². The first-order chi connectivity index (χ1) is 12.1. The van der Waals surface area contributed by atoms with Crippen LogP contribution in [0.4, 0.5) is 0 Å². The number of nitrogens with one attached hydrogen (secondary N) is 2. The SMILES string of the molecule is CCNC(=NCc1ccc(OC)cc1OC)NCc1nnc(C)n1C. The summed E-state index contributed by atoms with van der Waals surface area (Å²) in [7, 11) is 5.22. The van der Waals surface area contributed by atoms with E-state index in [1.807, 2.05) is 43.7 Å². The van der Waals surface area contributed by atoms with Gasteiger partial charge < -0.3 is 24.7 Å². The Morgan fingerprint density at radius 1 is 1.20 bits per heavy atom. The molecule has 0 bridgehead atoms. The number of aromatic nitrogens is 3. The van der Waals surface area contributed by atoms with Crippen molar-refractivity contribution in [2.24, 2.45) is 12.0 Å². The van der Waals surface area contributed by atoms with Crippen LogP contribution in [0.1, 0.15) is 24.1 Å². The number of methoxy groups -OCH3 is 2. The number of hydrogen-bond donors (Lipinski definition) is 2. The molecule has 0 atom stereocenters. The van der Waals surface area contributed by atoms with Crippen LogP contribution in [0.2, 0.25) is 0 Å². The molecule has 0 radical (unpaired) electrons. The summed E-state index contributed by atoms with van der Waals surface area (Å²) in [6.07, 6.45) is 0. The largest absolute Gasteiger partial charge is 0.497 e. The van der Waals surface area contributed by atoms with Crippen molar-refractivity contribution in [3.05, 3.63) is 35.4 Å². The molecule has 0 amide bonds. The summed E-state index contributed by atoms with van der Waals surface area (Å²) in [5.74, 6) is 3.95. The quantitative estimate of drug-likeness (QED) is 0.582. The number of guanidine groups is 1. The molecule has 2 N–H and O–H groups in total. The summed E-state index contributed by atoms with van der Waals surface area (Å²) >= 11 is 0. The van der Waals surface area contributed by atoms with Crippen molar-refractivity contribution in [1.29, 1.82) is 0 Å². The van der Waals surface area contributed by atoms with E-state index in [0.717, 1.165) is 35.3 Å². The van der Waals surface area contributed by atoms with Crippen LogP contribution in [0.15, 0.2) is 23.2 Å². The molecule has 8 heteroatoms. The summed E-state index contributed by atoms with van der Waals surface area (Å²) in [6, 6.07) is 5.71. The van der Waals surface area contributed by atoms with E-state index < -0.39 is 0 Å². The molecule has 136 valence electrons. The Hall–Kier alpha value is -2.77. The number of aliphatic imine (C=N–C) groups is 1. The van der Waals surface area contributed by atoms with E-state index in [1.165, 1.54) is 0 Å². The van der Waals surface area contributed by atoms with E-state index in [4.69, 9.17) is 9.47 Å². The molecule has 1 aromatic carbocycles. The number of rotatable bonds is 7. The third-order valence-electron chi connectivity index (χ3n) is 3.84. The standard InChI is InChI=1S/C17H26N6O2/c1-6-18-17(20-11-16-22-21-12(2)23(16)3)19-10-13-7-8-14(24-4)9-15(13)25-5/h7-9H,6,10-11H2,1-5H3,(H2,18,19,20). The zero-order valence-corrected chi connectivity index (χ0v) is 15.5. The van der Waals surface area contributed by atoms with Gasteiger partial charge in [0, 0.05) is 25.2 Å². The van der Waals surface area contributed by atoms with E-state index in [-0.39, 0.29) is 0 Å². The second-order valence-corrected chi connectivity index (χ2v) is 5.45. The molecular weight excluding hydrogens is 320 g/mol. The molecule has 8 nitrogen and oxygen atoms in total. The lowest BCUT2D eigenvalue weighted by Crippen LogP contribution is -2.37. The Kier molecular flexibility index (Phi) is 6.62. The molecule has 0 aliphatic heterocycles. The molecule has 2 aromatic rings. The van der Waals surface area contributed by atoms with Crippen LogP contribution in [-0.2, 0) is 20.1 Å². The summed E-state index contributed by atoms with van der Waals surface area (Å²) in [6.45, 7) is 5.75. The minimum atomic E-state index is 0.486. The number of nitrogens with zero attached hydrogens (tertiary/aromatic N) is 4. The summed E-state index contributed by atoms with van der Waals surface area (Å²) in [5, 5.41) is 14.7. The van der Waals surface area contributed by atoms with Gasteiger partial charge in [0.05, 0.1) is 27.3 Å². The van der Waals surface area contributed by atoms with Gasteiger partial charge in [0.15, 0.2) is 11.8 Å². The zero-order valence-electron chi connectivity index (χ0n) is 15.5. The lowest BCUT2D eigenvalue weighted by atomic mass is 10.2. The van der Waals surface area contributed by atoms with Gasteiger partial charge >= 0.3 is 0 Å². The highest BCUT2D eigenvalue weighted by atomic mass is 16.5. The molecule has 0 spiro atoms. The van der Waals surface area contributed by atoms with Crippen LogP contribution in [0, 0.1) is 6.92 Å². The maximum Gasteiger partial charge on any atom is 0.191 e. The van der Waals surface area contributed by atoms with E-state index in [1.54, 1.807) is 14.2 Å². The maximum absolute atomic E-state index is 5.42. The van der Waals surface area contributed by atoms with Gasteiger partial charge in [0.2, 0.25) is 0 Å². The fraction of sp³-hybridized carbons (Fsp3) is 0.471. The van der Waals surface area contributed by atoms with Gasteiger partial charge in [0.1, 0.15) is 17.3 Å². The van der Waals surface area contributed by atoms with E-state index in [9.17, 15) is 0 Å². The Balaban J connectivity index is 2.07. The Labute approximate surface area is 148 Å². The Morgan fingerprint density at radius 3 is 2.60 bits per heavy atom. The van der Waals surface area contributed by atoms with Gasteiger partial charge in [-0.2, -0.15) is 0 Å². The van der Waals surface area contributed by atoms with E-state index in [0.29, 0.717) is 19.0 Å². The predicted molar refractivity (Wildman–Crippen MR) is 96.9 cm³/mol. The van der Waals surface area contributed by atoms with Gasteiger partial charge in [-0.15, -0.1) is 10.2 Å². The second kappa shape index (κ2) is 8.91. The number of aryl methyl sites for hydroxylation is 1. The van der Waals surface area contributed by atoms with Crippen LogP contribution >= 0.6 is 0 Å². The number of ether oxygens (including phenoxy) is 2. The molecule has 2 rings (SSSR count). The fourth-order valence-electron chi connectivity index (χ4n) is 2.26. The van der Waals surface area contributed by atoms with Crippen LogP contribution in [-0.4, -0.2) is 41.5 Å². The smallest absolute Gasteiger partial charge is 0.191 e. The molecule has 0 aliphatic rings. The summed E-state index contributed by atoms with van der Waals surface area (Å²) in [5.41, 5.74) is 0.981. The van der Waals surface area contributed by atoms with Crippen LogP contribution in [0.25, 0.3) is 0 Å². The average Bonchev–Trinajstić information content (AvgIpc) is 2.95. The number of hydrogen-bond acceptors (Lipinski definition) is 5. The molecule has 1 heterocycles. The minimum Gasteiger partial charge on any atom is -0.497 e. The lowest BCUT2D eigenvalue weighted by molar-refractivity contribution is 0.391. The molecule has 0 unspecified atom stereocenters. The van der Waals surface area contributed by atoms with Crippen LogP contribution in [0.5, 0.6) is 11.5 Å². The van der Waals surface area contributed by atoms with Crippen molar-refractivity contribution in [3.8, 4) is 11.5 Å². The first kappa shape index (κ1) is 18.6. The van der Waals surface area contributed by atoms with Crippen molar-refractivity contribution in [1.82, 2.24) is 25.4 Å². The molecular formula is C17H26N6O2. The van der Waals surface area contributed by atoms with E-state index in [2.05, 4.69) is 25.8 Å². The van der Waals surface area contributed by atoms with Crippen LogP contribution < -0.4 is 20.1 Å². The highest BCUT2D eigenvalue weighted by Gasteiger charge is 2.07. The maximum atomic E-state index is 5.42. The summed E-state index contributed by atoms with van der Waals surface area (Å²) in [4.78, 5) is 4.62. The molecule has 0 saturated carbocycles.